The molecule has 1 aromatic heterocycles. The SMILES string of the molecule is Cn1ccc(CN2CCC3(CC2)OCCC[C@@H]3O)n1. The highest BCUT2D eigenvalue weighted by Gasteiger charge is 2.43. The number of aryl methyl sites for hydroxylation is 1. The van der Waals surface area contributed by atoms with Crippen LogP contribution in [0.4, 0.5) is 0 Å². The molecule has 3 heterocycles. The average Bonchev–Trinajstić information content (AvgIpc) is 2.81. The number of aliphatic hydroxyl groups is 1. The summed E-state index contributed by atoms with van der Waals surface area (Å²) in [6.45, 7) is 3.66. The Kier molecular flexibility index (Phi) is 3.60. The zero-order valence-corrected chi connectivity index (χ0v) is 11.6. The van der Waals surface area contributed by atoms with Crippen LogP contribution in [0.3, 0.4) is 0 Å². The minimum absolute atomic E-state index is 0.265. The molecule has 2 aliphatic rings. The molecule has 5 heteroatoms. The van der Waals surface area contributed by atoms with Crippen LogP contribution in [-0.4, -0.2) is 51.2 Å². The number of aromatic nitrogens is 2. The van der Waals surface area contributed by atoms with Gasteiger partial charge in [-0.2, -0.15) is 5.10 Å². The Morgan fingerprint density at radius 1 is 1.47 bits per heavy atom. The number of piperidine rings is 1. The van der Waals surface area contributed by atoms with Crippen LogP contribution in [0, 0.1) is 0 Å². The van der Waals surface area contributed by atoms with Gasteiger partial charge in [-0.3, -0.25) is 9.58 Å². The fraction of sp³-hybridized carbons (Fsp3) is 0.786. The number of aliphatic hydroxyl groups excluding tert-OH is 1. The van der Waals surface area contributed by atoms with Crippen LogP contribution in [-0.2, 0) is 18.3 Å². The van der Waals surface area contributed by atoms with Gasteiger partial charge in [0.1, 0.15) is 0 Å². The summed E-state index contributed by atoms with van der Waals surface area (Å²) >= 11 is 0. The van der Waals surface area contributed by atoms with Crippen molar-refractivity contribution in [3.8, 4) is 0 Å². The van der Waals surface area contributed by atoms with Gasteiger partial charge in [0, 0.05) is 39.5 Å². The number of likely N-dealkylation sites (tertiary alicyclic amines) is 1. The quantitative estimate of drug-likeness (QED) is 0.864. The van der Waals surface area contributed by atoms with Gasteiger partial charge in [-0.05, 0) is 31.7 Å². The molecule has 19 heavy (non-hydrogen) atoms. The summed E-state index contributed by atoms with van der Waals surface area (Å²) in [6.07, 6.45) is 5.44. The maximum absolute atomic E-state index is 10.2. The summed E-state index contributed by atoms with van der Waals surface area (Å²) in [5.74, 6) is 0. The monoisotopic (exact) mass is 265 g/mol. The molecule has 2 fully saturated rings. The normalized spacial score (nSPS) is 27.8. The second kappa shape index (κ2) is 5.23. The fourth-order valence-corrected chi connectivity index (χ4v) is 3.26. The van der Waals surface area contributed by atoms with E-state index in [1.165, 1.54) is 0 Å². The van der Waals surface area contributed by atoms with Crippen LogP contribution in [0.25, 0.3) is 0 Å². The molecule has 0 unspecified atom stereocenters. The van der Waals surface area contributed by atoms with Crippen molar-refractivity contribution in [2.75, 3.05) is 19.7 Å². The molecular weight excluding hydrogens is 242 g/mol. The van der Waals surface area contributed by atoms with E-state index in [0.29, 0.717) is 0 Å². The second-order valence-electron chi connectivity index (χ2n) is 5.83. The molecule has 0 amide bonds. The Hall–Kier alpha value is -0.910. The zero-order chi connectivity index (χ0) is 13.3. The number of hydrogen-bond acceptors (Lipinski definition) is 4. The van der Waals surface area contributed by atoms with Gasteiger partial charge in [-0.25, -0.2) is 0 Å². The second-order valence-corrected chi connectivity index (χ2v) is 5.83. The van der Waals surface area contributed by atoms with Gasteiger partial charge in [0.15, 0.2) is 0 Å². The predicted octanol–water partition coefficient (Wildman–Crippen LogP) is 0.926. The van der Waals surface area contributed by atoms with Gasteiger partial charge in [0.2, 0.25) is 0 Å². The summed E-state index contributed by atoms with van der Waals surface area (Å²) in [4.78, 5) is 2.40. The molecular formula is C14H23N3O2. The third-order valence-electron chi connectivity index (χ3n) is 4.48. The summed E-state index contributed by atoms with van der Waals surface area (Å²) in [5.41, 5.74) is 0.849. The van der Waals surface area contributed by atoms with E-state index in [0.717, 1.165) is 57.6 Å². The number of ether oxygens (including phenoxy) is 1. The lowest BCUT2D eigenvalue weighted by Gasteiger charge is -2.46. The first kappa shape index (κ1) is 13.1. The van der Waals surface area contributed by atoms with E-state index >= 15 is 0 Å². The average molecular weight is 265 g/mol. The first-order valence-electron chi connectivity index (χ1n) is 7.21. The third-order valence-corrected chi connectivity index (χ3v) is 4.48. The van der Waals surface area contributed by atoms with E-state index in [2.05, 4.69) is 16.1 Å². The molecule has 106 valence electrons. The smallest absolute Gasteiger partial charge is 0.0964 e. The highest BCUT2D eigenvalue weighted by atomic mass is 16.5. The highest BCUT2D eigenvalue weighted by Crippen LogP contribution is 2.35. The van der Waals surface area contributed by atoms with Crippen molar-refractivity contribution in [3.05, 3.63) is 18.0 Å². The van der Waals surface area contributed by atoms with Crippen LogP contribution < -0.4 is 0 Å². The Labute approximate surface area is 114 Å². The maximum atomic E-state index is 10.2. The van der Waals surface area contributed by atoms with E-state index in [1.807, 2.05) is 17.9 Å². The summed E-state index contributed by atoms with van der Waals surface area (Å²) in [5, 5.41) is 14.6. The van der Waals surface area contributed by atoms with Gasteiger partial charge in [-0.1, -0.05) is 0 Å². The number of rotatable bonds is 2. The maximum Gasteiger partial charge on any atom is 0.0964 e. The lowest BCUT2D eigenvalue weighted by atomic mass is 9.82. The van der Waals surface area contributed by atoms with E-state index in [1.54, 1.807) is 0 Å². The van der Waals surface area contributed by atoms with Crippen LogP contribution in [0.5, 0.6) is 0 Å². The Morgan fingerprint density at radius 2 is 2.26 bits per heavy atom. The predicted molar refractivity (Wildman–Crippen MR) is 71.6 cm³/mol. The van der Waals surface area contributed by atoms with Crippen LogP contribution >= 0.6 is 0 Å². The van der Waals surface area contributed by atoms with E-state index < -0.39 is 0 Å². The lowest BCUT2D eigenvalue weighted by Crippen LogP contribution is -2.55. The molecule has 0 radical (unpaired) electrons. The standard InChI is InChI=1S/C14H23N3O2/c1-16-7-4-12(15-16)11-17-8-5-14(6-9-17)13(18)3-2-10-19-14/h4,7,13,18H,2-3,5-6,8-11H2,1H3/t13-/m0/s1. The highest BCUT2D eigenvalue weighted by molar-refractivity contribution is 5.01. The van der Waals surface area contributed by atoms with Gasteiger partial charge in [0.05, 0.1) is 17.4 Å². The van der Waals surface area contributed by atoms with Gasteiger partial charge in [-0.15, -0.1) is 0 Å². The number of hydrogen-bond donors (Lipinski definition) is 1. The Bertz CT molecular complexity index is 424. The minimum Gasteiger partial charge on any atom is -0.390 e. The van der Waals surface area contributed by atoms with E-state index in [4.69, 9.17) is 4.74 Å². The topological polar surface area (TPSA) is 50.5 Å². The molecule has 2 aliphatic heterocycles. The molecule has 5 nitrogen and oxygen atoms in total. The first-order chi connectivity index (χ1) is 9.18. The van der Waals surface area contributed by atoms with Gasteiger partial charge in [0.25, 0.3) is 0 Å². The van der Waals surface area contributed by atoms with E-state index in [-0.39, 0.29) is 11.7 Å². The van der Waals surface area contributed by atoms with Crippen molar-refractivity contribution < 1.29 is 9.84 Å². The van der Waals surface area contributed by atoms with Crippen molar-refractivity contribution in [1.29, 1.82) is 0 Å². The zero-order valence-electron chi connectivity index (χ0n) is 11.6. The molecule has 0 bridgehead atoms. The Morgan fingerprint density at radius 3 is 2.89 bits per heavy atom. The fourth-order valence-electron chi connectivity index (χ4n) is 3.26. The van der Waals surface area contributed by atoms with Crippen LogP contribution in [0.15, 0.2) is 12.3 Å². The molecule has 0 aliphatic carbocycles. The molecule has 1 N–H and O–H groups in total. The van der Waals surface area contributed by atoms with Gasteiger partial charge < -0.3 is 9.84 Å². The molecule has 1 atom stereocenters. The molecule has 0 saturated carbocycles. The van der Waals surface area contributed by atoms with Gasteiger partial charge >= 0.3 is 0 Å². The van der Waals surface area contributed by atoms with Crippen molar-refractivity contribution >= 4 is 0 Å². The molecule has 1 spiro atoms. The lowest BCUT2D eigenvalue weighted by molar-refractivity contribution is -0.177. The number of nitrogens with zero attached hydrogens (tertiary/aromatic N) is 3. The van der Waals surface area contributed by atoms with Crippen molar-refractivity contribution in [3.63, 3.8) is 0 Å². The molecule has 3 rings (SSSR count). The molecule has 1 aromatic rings. The summed E-state index contributed by atoms with van der Waals surface area (Å²) in [6, 6.07) is 2.07. The minimum atomic E-state index is -0.279. The van der Waals surface area contributed by atoms with Crippen LogP contribution in [0.2, 0.25) is 0 Å². The first-order valence-corrected chi connectivity index (χ1v) is 7.21. The summed E-state index contributed by atoms with van der Waals surface area (Å²) in [7, 11) is 1.95. The van der Waals surface area contributed by atoms with Crippen molar-refractivity contribution in [2.24, 2.45) is 7.05 Å². The van der Waals surface area contributed by atoms with Crippen molar-refractivity contribution in [1.82, 2.24) is 14.7 Å². The Balaban J connectivity index is 1.57. The van der Waals surface area contributed by atoms with E-state index in [9.17, 15) is 5.11 Å². The van der Waals surface area contributed by atoms with Crippen molar-refractivity contribution in [2.45, 2.75) is 43.9 Å². The molecule has 0 aromatic carbocycles. The molecule has 2 saturated heterocycles. The van der Waals surface area contributed by atoms with Crippen LogP contribution in [0.1, 0.15) is 31.4 Å². The summed E-state index contributed by atoms with van der Waals surface area (Å²) < 4.78 is 7.77. The largest absolute Gasteiger partial charge is 0.390 e. The third kappa shape index (κ3) is 2.68.